The SMILES string of the molecule is O=C1c2ccccc2C(=O)N1Cc1cn[nH]c1. The van der Waals surface area contributed by atoms with Gasteiger partial charge in [-0.25, -0.2) is 0 Å². The van der Waals surface area contributed by atoms with Gasteiger partial charge in [-0.2, -0.15) is 5.10 Å². The number of nitrogens with one attached hydrogen (secondary N) is 1. The molecule has 0 spiro atoms. The summed E-state index contributed by atoms with van der Waals surface area (Å²) in [6, 6.07) is 6.85. The molecule has 1 aliphatic heterocycles. The van der Waals surface area contributed by atoms with Crippen molar-refractivity contribution >= 4 is 11.8 Å². The largest absolute Gasteiger partial charge is 0.285 e. The topological polar surface area (TPSA) is 66.1 Å². The van der Waals surface area contributed by atoms with E-state index in [1.165, 1.54) is 4.90 Å². The molecule has 0 unspecified atom stereocenters. The molecule has 0 radical (unpaired) electrons. The normalized spacial score (nSPS) is 14.2. The summed E-state index contributed by atoms with van der Waals surface area (Å²) >= 11 is 0. The maximum atomic E-state index is 12.0. The fourth-order valence-electron chi connectivity index (χ4n) is 1.93. The summed E-state index contributed by atoms with van der Waals surface area (Å²) in [5.41, 5.74) is 1.75. The van der Waals surface area contributed by atoms with E-state index in [4.69, 9.17) is 0 Å². The second-order valence-electron chi connectivity index (χ2n) is 3.85. The molecule has 2 heterocycles. The van der Waals surface area contributed by atoms with Gasteiger partial charge in [-0.3, -0.25) is 19.6 Å². The summed E-state index contributed by atoms with van der Waals surface area (Å²) in [6.07, 6.45) is 3.27. The van der Waals surface area contributed by atoms with E-state index < -0.39 is 0 Å². The molecule has 84 valence electrons. The third-order valence-corrected chi connectivity index (χ3v) is 2.77. The Morgan fingerprint density at radius 1 is 1.12 bits per heavy atom. The Labute approximate surface area is 97.1 Å². The van der Waals surface area contributed by atoms with Gasteiger partial charge in [0.25, 0.3) is 11.8 Å². The molecular weight excluding hydrogens is 218 g/mol. The van der Waals surface area contributed by atoms with E-state index in [0.717, 1.165) is 5.56 Å². The van der Waals surface area contributed by atoms with Crippen molar-refractivity contribution in [3.63, 3.8) is 0 Å². The highest BCUT2D eigenvalue weighted by Crippen LogP contribution is 2.23. The van der Waals surface area contributed by atoms with Crippen molar-refractivity contribution in [3.8, 4) is 0 Å². The Hall–Kier alpha value is -2.43. The van der Waals surface area contributed by atoms with Gasteiger partial charge >= 0.3 is 0 Å². The second kappa shape index (κ2) is 3.55. The van der Waals surface area contributed by atoms with Crippen molar-refractivity contribution in [2.45, 2.75) is 6.54 Å². The van der Waals surface area contributed by atoms with Crippen LogP contribution in [0.5, 0.6) is 0 Å². The van der Waals surface area contributed by atoms with Crippen LogP contribution in [0.2, 0.25) is 0 Å². The monoisotopic (exact) mass is 227 g/mol. The number of imide groups is 1. The molecule has 2 aromatic rings. The number of aromatic amines is 1. The molecule has 0 saturated heterocycles. The molecule has 0 saturated carbocycles. The minimum Gasteiger partial charge on any atom is -0.285 e. The molecule has 3 rings (SSSR count). The lowest BCUT2D eigenvalue weighted by Crippen LogP contribution is -2.28. The molecule has 5 heteroatoms. The van der Waals surface area contributed by atoms with E-state index in [1.54, 1.807) is 36.7 Å². The van der Waals surface area contributed by atoms with E-state index in [0.29, 0.717) is 11.1 Å². The van der Waals surface area contributed by atoms with Crippen molar-refractivity contribution < 1.29 is 9.59 Å². The van der Waals surface area contributed by atoms with Gasteiger partial charge in [-0.05, 0) is 12.1 Å². The maximum absolute atomic E-state index is 12.0. The lowest BCUT2D eigenvalue weighted by Gasteiger charge is -2.11. The van der Waals surface area contributed by atoms with E-state index in [1.807, 2.05) is 0 Å². The number of nitrogens with zero attached hydrogens (tertiary/aromatic N) is 2. The summed E-state index contributed by atoms with van der Waals surface area (Å²) in [6.45, 7) is 0.253. The van der Waals surface area contributed by atoms with Crippen LogP contribution in [0.4, 0.5) is 0 Å². The maximum Gasteiger partial charge on any atom is 0.261 e. The zero-order valence-electron chi connectivity index (χ0n) is 8.88. The van der Waals surface area contributed by atoms with Crippen LogP contribution in [0.25, 0.3) is 0 Å². The Morgan fingerprint density at radius 2 is 1.76 bits per heavy atom. The minimum absolute atomic E-state index is 0.244. The molecule has 1 aromatic heterocycles. The highest BCUT2D eigenvalue weighted by atomic mass is 16.2. The van der Waals surface area contributed by atoms with Crippen LogP contribution in [-0.2, 0) is 6.54 Å². The number of carbonyl (C=O) groups is 2. The number of hydrogen-bond acceptors (Lipinski definition) is 3. The lowest BCUT2D eigenvalue weighted by atomic mass is 10.1. The first kappa shape index (κ1) is 9.77. The molecular formula is C12H9N3O2. The number of carbonyl (C=O) groups excluding carboxylic acids is 2. The highest BCUT2D eigenvalue weighted by Gasteiger charge is 2.34. The average Bonchev–Trinajstić information content (AvgIpc) is 2.94. The van der Waals surface area contributed by atoms with Gasteiger partial charge in [0.2, 0.25) is 0 Å². The molecule has 0 aliphatic carbocycles. The van der Waals surface area contributed by atoms with Gasteiger partial charge in [-0.15, -0.1) is 0 Å². The number of amides is 2. The van der Waals surface area contributed by atoms with Gasteiger partial charge in [0.15, 0.2) is 0 Å². The minimum atomic E-state index is -0.244. The molecule has 0 bridgehead atoms. The molecule has 0 fully saturated rings. The van der Waals surface area contributed by atoms with Crippen LogP contribution in [0.15, 0.2) is 36.7 Å². The van der Waals surface area contributed by atoms with Gasteiger partial charge in [0, 0.05) is 11.8 Å². The molecule has 1 aliphatic rings. The van der Waals surface area contributed by atoms with Crippen molar-refractivity contribution in [3.05, 3.63) is 53.3 Å². The summed E-state index contributed by atoms with van der Waals surface area (Å²) in [4.78, 5) is 25.2. The van der Waals surface area contributed by atoms with Crippen LogP contribution >= 0.6 is 0 Å². The standard InChI is InChI=1S/C12H9N3O2/c16-11-9-3-1-2-4-10(9)12(17)15(11)7-8-5-13-14-6-8/h1-6H,7H2,(H,13,14). The number of fused-ring (bicyclic) bond motifs is 1. The lowest BCUT2D eigenvalue weighted by molar-refractivity contribution is 0.0642. The van der Waals surface area contributed by atoms with Crippen LogP contribution in [-0.4, -0.2) is 26.9 Å². The first-order chi connectivity index (χ1) is 8.27. The van der Waals surface area contributed by atoms with Gasteiger partial charge in [-0.1, -0.05) is 12.1 Å². The summed E-state index contributed by atoms with van der Waals surface area (Å²) in [7, 11) is 0. The highest BCUT2D eigenvalue weighted by molar-refractivity contribution is 6.21. The van der Waals surface area contributed by atoms with Gasteiger partial charge < -0.3 is 0 Å². The molecule has 5 nitrogen and oxygen atoms in total. The smallest absolute Gasteiger partial charge is 0.261 e. The van der Waals surface area contributed by atoms with E-state index in [9.17, 15) is 9.59 Å². The molecule has 17 heavy (non-hydrogen) atoms. The summed E-state index contributed by atoms with van der Waals surface area (Å²) < 4.78 is 0. The Morgan fingerprint density at radius 3 is 2.29 bits per heavy atom. The van der Waals surface area contributed by atoms with Crippen molar-refractivity contribution in [2.24, 2.45) is 0 Å². The third-order valence-electron chi connectivity index (χ3n) is 2.77. The van der Waals surface area contributed by atoms with Crippen LogP contribution < -0.4 is 0 Å². The quantitative estimate of drug-likeness (QED) is 0.784. The van der Waals surface area contributed by atoms with E-state index in [-0.39, 0.29) is 18.4 Å². The predicted molar refractivity (Wildman–Crippen MR) is 59.2 cm³/mol. The van der Waals surface area contributed by atoms with Crippen LogP contribution in [0, 0.1) is 0 Å². The van der Waals surface area contributed by atoms with Crippen LogP contribution in [0.1, 0.15) is 26.3 Å². The zero-order chi connectivity index (χ0) is 11.8. The fourth-order valence-corrected chi connectivity index (χ4v) is 1.93. The number of benzene rings is 1. The fraction of sp³-hybridized carbons (Fsp3) is 0.0833. The Kier molecular flexibility index (Phi) is 2.04. The molecule has 1 aromatic carbocycles. The van der Waals surface area contributed by atoms with Crippen LogP contribution in [0.3, 0.4) is 0 Å². The first-order valence-corrected chi connectivity index (χ1v) is 5.20. The zero-order valence-corrected chi connectivity index (χ0v) is 8.88. The van der Waals surface area contributed by atoms with Crippen molar-refractivity contribution in [1.82, 2.24) is 15.1 Å². The number of rotatable bonds is 2. The number of H-pyrrole nitrogens is 1. The summed E-state index contributed by atoms with van der Waals surface area (Å²) in [5.74, 6) is -0.487. The van der Waals surface area contributed by atoms with Crippen molar-refractivity contribution in [1.29, 1.82) is 0 Å². The average molecular weight is 227 g/mol. The summed E-state index contributed by atoms with van der Waals surface area (Å²) in [5, 5.41) is 6.44. The molecule has 1 N–H and O–H groups in total. The van der Waals surface area contributed by atoms with Gasteiger partial charge in [0.1, 0.15) is 0 Å². The number of aromatic nitrogens is 2. The third kappa shape index (κ3) is 1.44. The van der Waals surface area contributed by atoms with E-state index in [2.05, 4.69) is 10.2 Å². The van der Waals surface area contributed by atoms with Crippen molar-refractivity contribution in [2.75, 3.05) is 0 Å². The van der Waals surface area contributed by atoms with Gasteiger partial charge in [0.05, 0.1) is 23.9 Å². The molecule has 0 atom stereocenters. The Bertz CT molecular complexity index is 555. The van der Waals surface area contributed by atoms with E-state index >= 15 is 0 Å². The molecule has 2 amide bonds. The second-order valence-corrected chi connectivity index (χ2v) is 3.85. The first-order valence-electron chi connectivity index (χ1n) is 5.20. The predicted octanol–water partition coefficient (Wildman–Crippen LogP) is 1.21. The number of hydrogen-bond donors (Lipinski definition) is 1. The Balaban J connectivity index is 1.95.